The molecule has 0 bridgehead atoms. The number of unbranched alkanes of at least 4 members (excludes halogenated alkanes) is 1. The van der Waals surface area contributed by atoms with Crippen LogP contribution >= 0.6 is 0 Å². The van der Waals surface area contributed by atoms with E-state index < -0.39 is 0 Å². The molecule has 2 aromatic rings. The Kier molecular flexibility index (Phi) is 5.02. The Balaban J connectivity index is 1.64. The summed E-state index contributed by atoms with van der Waals surface area (Å²) >= 11 is 0. The Morgan fingerprint density at radius 2 is 2.17 bits per heavy atom. The molecule has 2 heterocycles. The number of hydrogen-bond acceptors (Lipinski definition) is 6. The van der Waals surface area contributed by atoms with Gasteiger partial charge >= 0.3 is 5.97 Å². The molecule has 0 spiro atoms. The molecule has 0 N–H and O–H groups in total. The minimum Gasteiger partial charge on any atom is -0.427 e. The van der Waals surface area contributed by atoms with Crippen molar-refractivity contribution in [2.75, 3.05) is 6.61 Å². The zero-order chi connectivity index (χ0) is 16.1. The zero-order valence-corrected chi connectivity index (χ0v) is 13.2. The van der Waals surface area contributed by atoms with Gasteiger partial charge in [0.15, 0.2) is 0 Å². The van der Waals surface area contributed by atoms with Gasteiger partial charge in [-0.3, -0.25) is 4.79 Å². The maximum Gasteiger partial charge on any atom is 0.311 e. The largest absolute Gasteiger partial charge is 0.427 e. The summed E-state index contributed by atoms with van der Waals surface area (Å²) < 4.78 is 16.1. The van der Waals surface area contributed by atoms with E-state index in [9.17, 15) is 4.79 Å². The number of rotatable bonds is 6. The Morgan fingerprint density at radius 1 is 1.35 bits per heavy atom. The molecule has 0 aliphatic carbocycles. The van der Waals surface area contributed by atoms with Gasteiger partial charge in [-0.1, -0.05) is 18.5 Å². The van der Waals surface area contributed by atoms with E-state index in [1.807, 2.05) is 19.1 Å². The summed E-state index contributed by atoms with van der Waals surface area (Å²) in [5.41, 5.74) is 0.811. The Morgan fingerprint density at radius 3 is 2.87 bits per heavy atom. The highest BCUT2D eigenvalue weighted by molar-refractivity contribution is 5.72. The summed E-state index contributed by atoms with van der Waals surface area (Å²) in [6.07, 6.45) is 4.09. The van der Waals surface area contributed by atoms with Gasteiger partial charge in [-0.15, -0.1) is 0 Å². The summed E-state index contributed by atoms with van der Waals surface area (Å²) in [7, 11) is 0. The molecule has 1 saturated heterocycles. The number of aromatic nitrogens is 2. The molecule has 1 aliphatic heterocycles. The van der Waals surface area contributed by atoms with Gasteiger partial charge in [-0.25, -0.2) is 0 Å². The molecule has 0 unspecified atom stereocenters. The molecule has 6 nitrogen and oxygen atoms in total. The number of nitrogens with zero attached hydrogens (tertiary/aromatic N) is 2. The van der Waals surface area contributed by atoms with E-state index in [0.29, 0.717) is 23.9 Å². The van der Waals surface area contributed by atoms with Crippen molar-refractivity contribution in [3.63, 3.8) is 0 Å². The van der Waals surface area contributed by atoms with E-state index in [-0.39, 0.29) is 12.1 Å². The minimum absolute atomic E-state index is 0.0879. The molecule has 1 aromatic carbocycles. The molecule has 0 radical (unpaired) electrons. The van der Waals surface area contributed by atoms with E-state index in [2.05, 4.69) is 10.1 Å². The summed E-state index contributed by atoms with van der Waals surface area (Å²) in [6.45, 7) is 2.78. The van der Waals surface area contributed by atoms with E-state index in [0.717, 1.165) is 37.9 Å². The first-order chi connectivity index (χ1) is 11.3. The first-order valence-corrected chi connectivity index (χ1v) is 8.02. The van der Waals surface area contributed by atoms with Crippen LogP contribution in [-0.2, 0) is 9.53 Å². The summed E-state index contributed by atoms with van der Waals surface area (Å²) in [5, 5.41) is 3.99. The van der Waals surface area contributed by atoms with Crippen molar-refractivity contribution in [3.05, 3.63) is 30.2 Å². The Bertz CT molecular complexity index is 645. The van der Waals surface area contributed by atoms with Crippen molar-refractivity contribution in [2.24, 2.45) is 0 Å². The molecule has 6 heteroatoms. The fourth-order valence-electron chi connectivity index (χ4n) is 2.43. The second-order valence-corrected chi connectivity index (χ2v) is 5.56. The lowest BCUT2D eigenvalue weighted by Gasteiger charge is -2.04. The number of benzene rings is 1. The van der Waals surface area contributed by atoms with Crippen LogP contribution in [0.3, 0.4) is 0 Å². The number of ether oxygens (including phenoxy) is 2. The SMILES string of the molecule is CCCCC(=O)Oc1ccc(-c2noc([C@@H]3CCCO3)n2)cc1. The highest BCUT2D eigenvalue weighted by Gasteiger charge is 2.24. The molecule has 122 valence electrons. The van der Waals surface area contributed by atoms with Crippen LogP contribution in [0.2, 0.25) is 0 Å². The predicted molar refractivity (Wildman–Crippen MR) is 82.8 cm³/mol. The summed E-state index contributed by atoms with van der Waals surface area (Å²) in [5.74, 6) is 1.35. The van der Waals surface area contributed by atoms with Crippen molar-refractivity contribution >= 4 is 5.97 Å². The van der Waals surface area contributed by atoms with E-state index in [1.54, 1.807) is 12.1 Å². The molecule has 23 heavy (non-hydrogen) atoms. The number of carbonyl (C=O) groups excluding carboxylic acids is 1. The predicted octanol–water partition coefficient (Wildman–Crippen LogP) is 3.68. The van der Waals surface area contributed by atoms with Crippen LogP contribution in [0.1, 0.15) is 51.0 Å². The quantitative estimate of drug-likeness (QED) is 0.598. The normalized spacial score (nSPS) is 17.3. The van der Waals surface area contributed by atoms with Crippen molar-refractivity contribution in [1.82, 2.24) is 10.1 Å². The molecular weight excluding hydrogens is 296 g/mol. The first-order valence-electron chi connectivity index (χ1n) is 8.02. The van der Waals surface area contributed by atoms with Crippen molar-refractivity contribution in [3.8, 4) is 17.1 Å². The van der Waals surface area contributed by atoms with Crippen LogP contribution in [0.15, 0.2) is 28.8 Å². The highest BCUT2D eigenvalue weighted by Crippen LogP contribution is 2.29. The lowest BCUT2D eigenvalue weighted by Crippen LogP contribution is -2.07. The van der Waals surface area contributed by atoms with Gasteiger partial charge in [-0.2, -0.15) is 4.98 Å². The minimum atomic E-state index is -0.208. The molecule has 0 amide bonds. The van der Waals surface area contributed by atoms with Crippen molar-refractivity contribution < 1.29 is 18.8 Å². The summed E-state index contributed by atoms with van der Waals surface area (Å²) in [4.78, 5) is 16.0. The lowest BCUT2D eigenvalue weighted by molar-refractivity contribution is -0.134. The van der Waals surface area contributed by atoms with Crippen LogP contribution in [-0.4, -0.2) is 22.7 Å². The topological polar surface area (TPSA) is 74.5 Å². The molecule has 3 rings (SSSR count). The second-order valence-electron chi connectivity index (χ2n) is 5.56. The first kappa shape index (κ1) is 15.7. The fourth-order valence-corrected chi connectivity index (χ4v) is 2.43. The number of hydrogen-bond donors (Lipinski definition) is 0. The van der Waals surface area contributed by atoms with Crippen molar-refractivity contribution in [1.29, 1.82) is 0 Å². The van der Waals surface area contributed by atoms with Gasteiger partial charge in [0.1, 0.15) is 11.9 Å². The number of esters is 1. The fraction of sp³-hybridized carbons (Fsp3) is 0.471. The number of carbonyl (C=O) groups is 1. The third-order valence-electron chi connectivity index (χ3n) is 3.73. The average Bonchev–Trinajstić information content (AvgIpc) is 3.24. The van der Waals surface area contributed by atoms with Crippen molar-refractivity contribution in [2.45, 2.75) is 45.1 Å². The third kappa shape index (κ3) is 3.96. The van der Waals surface area contributed by atoms with Gasteiger partial charge < -0.3 is 14.0 Å². The van der Waals surface area contributed by atoms with Gasteiger partial charge in [0.05, 0.1) is 0 Å². The van der Waals surface area contributed by atoms with E-state index >= 15 is 0 Å². The molecular formula is C17H20N2O4. The Labute approximate surface area is 134 Å². The molecule has 1 aromatic heterocycles. The van der Waals surface area contributed by atoms with Crippen LogP contribution < -0.4 is 4.74 Å². The highest BCUT2D eigenvalue weighted by atomic mass is 16.5. The van der Waals surface area contributed by atoms with Crippen LogP contribution in [0.4, 0.5) is 0 Å². The van der Waals surface area contributed by atoms with Crippen LogP contribution in [0.5, 0.6) is 5.75 Å². The molecule has 1 fully saturated rings. The smallest absolute Gasteiger partial charge is 0.311 e. The second kappa shape index (κ2) is 7.37. The lowest BCUT2D eigenvalue weighted by atomic mass is 10.2. The molecule has 1 atom stereocenters. The monoisotopic (exact) mass is 316 g/mol. The maximum absolute atomic E-state index is 11.6. The van der Waals surface area contributed by atoms with Gasteiger partial charge in [0.2, 0.25) is 5.82 Å². The van der Waals surface area contributed by atoms with Crippen LogP contribution in [0, 0.1) is 0 Å². The van der Waals surface area contributed by atoms with Gasteiger partial charge in [-0.05, 0) is 43.5 Å². The maximum atomic E-state index is 11.6. The summed E-state index contributed by atoms with van der Waals surface area (Å²) in [6, 6.07) is 7.10. The standard InChI is InChI=1S/C17H20N2O4/c1-2-3-6-15(20)22-13-9-7-12(8-10-13)16-18-17(23-19-16)14-5-4-11-21-14/h7-10,14H,2-6,11H2,1H3/t14-/m0/s1. The van der Waals surface area contributed by atoms with Crippen LogP contribution in [0.25, 0.3) is 11.4 Å². The molecule has 0 saturated carbocycles. The van der Waals surface area contributed by atoms with Gasteiger partial charge in [0, 0.05) is 18.6 Å². The average molecular weight is 316 g/mol. The Hall–Kier alpha value is -2.21. The third-order valence-corrected chi connectivity index (χ3v) is 3.73. The van der Waals surface area contributed by atoms with E-state index in [1.165, 1.54) is 0 Å². The zero-order valence-electron chi connectivity index (χ0n) is 13.2. The molecule has 1 aliphatic rings. The van der Waals surface area contributed by atoms with Gasteiger partial charge in [0.25, 0.3) is 5.89 Å². The van der Waals surface area contributed by atoms with E-state index in [4.69, 9.17) is 14.0 Å².